The van der Waals surface area contributed by atoms with Crippen LogP contribution in [0.1, 0.15) is 35.9 Å². The normalized spacial score (nSPS) is 15.7. The van der Waals surface area contributed by atoms with Crippen LogP contribution in [0.15, 0.2) is 83.4 Å². The Balaban J connectivity index is 1.27. The summed E-state index contributed by atoms with van der Waals surface area (Å²) in [6.07, 6.45) is 1.02. The van der Waals surface area contributed by atoms with Crippen molar-refractivity contribution in [3.63, 3.8) is 0 Å². The van der Waals surface area contributed by atoms with Crippen LogP contribution < -0.4 is 4.74 Å². The van der Waals surface area contributed by atoms with Crippen molar-refractivity contribution in [2.75, 3.05) is 0 Å². The molecule has 4 aromatic rings. The van der Waals surface area contributed by atoms with Crippen LogP contribution in [0, 0.1) is 5.82 Å². The molecule has 7 heteroatoms. The summed E-state index contributed by atoms with van der Waals surface area (Å²) in [7, 11) is 0. The van der Waals surface area contributed by atoms with Crippen LogP contribution >= 0.6 is 0 Å². The highest BCUT2D eigenvalue weighted by Crippen LogP contribution is 2.34. The lowest BCUT2D eigenvalue weighted by atomic mass is 10.1. The summed E-state index contributed by atoms with van der Waals surface area (Å²) in [5.74, 6) is 1.33. The summed E-state index contributed by atoms with van der Waals surface area (Å²) in [5, 5.41) is 4.12. The second-order valence-electron chi connectivity index (χ2n) is 7.96. The average Bonchev–Trinajstić information content (AvgIpc) is 3.47. The molecule has 0 aliphatic carbocycles. The molecule has 0 N–H and O–H groups in total. The van der Waals surface area contributed by atoms with Crippen molar-refractivity contribution in [3.8, 4) is 17.1 Å². The molecule has 1 aromatic heterocycles. The number of carbonyl (C=O) groups is 1. The minimum absolute atomic E-state index is 0.0176. The largest absolute Gasteiger partial charge is 0.489 e. The summed E-state index contributed by atoms with van der Waals surface area (Å²) < 4.78 is 24.6. The molecule has 5 rings (SSSR count). The summed E-state index contributed by atoms with van der Waals surface area (Å²) in [5.41, 5.74) is 2.75. The third kappa shape index (κ3) is 4.77. The highest BCUT2D eigenvalue weighted by molar-refractivity contribution is 5.78. The van der Waals surface area contributed by atoms with Crippen LogP contribution in [0.2, 0.25) is 0 Å². The standard InChI is InChI=1S/C26H22FN3O3/c27-21-10-6-18(7-11-21)16-30-23(14-15-24(30)31)26-28-25(29-33-26)20-8-12-22(13-9-20)32-17-19-4-2-1-3-5-19/h1-13,23H,14-17H2. The van der Waals surface area contributed by atoms with Crippen molar-refractivity contribution in [2.45, 2.75) is 32.0 Å². The summed E-state index contributed by atoms with van der Waals surface area (Å²) in [4.78, 5) is 18.7. The van der Waals surface area contributed by atoms with E-state index in [-0.39, 0.29) is 17.8 Å². The molecule has 0 bridgehead atoms. The highest BCUT2D eigenvalue weighted by Gasteiger charge is 2.36. The molecule has 2 heterocycles. The molecule has 0 radical (unpaired) electrons. The lowest BCUT2D eigenvalue weighted by Gasteiger charge is -2.22. The van der Waals surface area contributed by atoms with Gasteiger partial charge in [0.25, 0.3) is 0 Å². The summed E-state index contributed by atoms with van der Waals surface area (Å²) >= 11 is 0. The average molecular weight is 443 g/mol. The molecule has 6 nitrogen and oxygen atoms in total. The molecule has 1 amide bonds. The molecule has 33 heavy (non-hydrogen) atoms. The number of aromatic nitrogens is 2. The number of nitrogens with zero attached hydrogens (tertiary/aromatic N) is 3. The molecule has 1 aliphatic heterocycles. The Hall–Kier alpha value is -4.00. The van der Waals surface area contributed by atoms with E-state index in [4.69, 9.17) is 9.26 Å². The number of amides is 1. The van der Waals surface area contributed by atoms with Crippen molar-refractivity contribution >= 4 is 5.91 Å². The first-order chi connectivity index (χ1) is 16.2. The van der Waals surface area contributed by atoms with E-state index in [1.807, 2.05) is 54.6 Å². The summed E-state index contributed by atoms with van der Waals surface area (Å²) in [6.45, 7) is 0.862. The molecule has 0 spiro atoms. The van der Waals surface area contributed by atoms with Gasteiger partial charge in [-0.3, -0.25) is 4.79 Å². The van der Waals surface area contributed by atoms with Gasteiger partial charge in [0.15, 0.2) is 0 Å². The molecule has 166 valence electrons. The first-order valence-electron chi connectivity index (χ1n) is 10.8. The smallest absolute Gasteiger partial charge is 0.249 e. The molecule has 1 saturated heterocycles. The van der Waals surface area contributed by atoms with Crippen LogP contribution in [0.3, 0.4) is 0 Å². The SMILES string of the molecule is O=C1CCC(c2nc(-c3ccc(OCc4ccccc4)cc3)no2)N1Cc1ccc(F)cc1. The van der Waals surface area contributed by atoms with Crippen LogP contribution in [0.25, 0.3) is 11.4 Å². The minimum atomic E-state index is -0.305. The Bertz CT molecular complexity index is 1220. The number of likely N-dealkylation sites (tertiary alicyclic amines) is 1. The number of hydrogen-bond acceptors (Lipinski definition) is 5. The number of rotatable bonds is 7. The summed E-state index contributed by atoms with van der Waals surface area (Å²) in [6, 6.07) is 23.3. The second kappa shape index (κ2) is 9.24. The molecule has 1 aliphatic rings. The maximum Gasteiger partial charge on any atom is 0.249 e. The zero-order valence-corrected chi connectivity index (χ0v) is 17.9. The fraction of sp³-hybridized carbons (Fsp3) is 0.192. The molecular weight excluding hydrogens is 421 g/mol. The fourth-order valence-electron chi connectivity index (χ4n) is 3.90. The first kappa shape index (κ1) is 20.9. The lowest BCUT2D eigenvalue weighted by molar-refractivity contribution is -0.129. The Morgan fingerprint density at radius 1 is 0.970 bits per heavy atom. The predicted molar refractivity (Wildman–Crippen MR) is 119 cm³/mol. The van der Waals surface area contributed by atoms with Crippen molar-refractivity contribution in [1.29, 1.82) is 0 Å². The highest BCUT2D eigenvalue weighted by atomic mass is 19.1. The number of ether oxygens (including phenoxy) is 1. The zero-order chi connectivity index (χ0) is 22.6. The molecule has 1 fully saturated rings. The van der Waals surface area contributed by atoms with Crippen LogP contribution in [0.4, 0.5) is 4.39 Å². The number of hydrogen-bond donors (Lipinski definition) is 0. The minimum Gasteiger partial charge on any atom is -0.489 e. The van der Waals surface area contributed by atoms with Crippen molar-refractivity contribution in [3.05, 3.63) is 102 Å². The van der Waals surface area contributed by atoms with Crippen LogP contribution in [-0.4, -0.2) is 20.9 Å². The third-order valence-electron chi connectivity index (χ3n) is 5.68. The van der Waals surface area contributed by atoms with E-state index < -0.39 is 0 Å². The van der Waals surface area contributed by atoms with E-state index in [2.05, 4.69) is 10.1 Å². The predicted octanol–water partition coefficient (Wildman–Crippen LogP) is 5.32. The van der Waals surface area contributed by atoms with E-state index in [0.29, 0.717) is 37.7 Å². The Morgan fingerprint density at radius 2 is 1.73 bits per heavy atom. The van der Waals surface area contributed by atoms with Gasteiger partial charge in [-0.25, -0.2) is 4.39 Å². The van der Waals surface area contributed by atoms with E-state index in [9.17, 15) is 9.18 Å². The molecule has 3 aromatic carbocycles. The molecule has 1 unspecified atom stereocenters. The van der Waals surface area contributed by atoms with E-state index in [0.717, 1.165) is 22.4 Å². The third-order valence-corrected chi connectivity index (χ3v) is 5.68. The van der Waals surface area contributed by atoms with Crippen molar-refractivity contribution in [1.82, 2.24) is 15.0 Å². The van der Waals surface area contributed by atoms with E-state index >= 15 is 0 Å². The number of benzene rings is 3. The maximum absolute atomic E-state index is 13.2. The second-order valence-corrected chi connectivity index (χ2v) is 7.96. The first-order valence-corrected chi connectivity index (χ1v) is 10.8. The quantitative estimate of drug-likeness (QED) is 0.387. The fourth-order valence-corrected chi connectivity index (χ4v) is 3.90. The van der Waals surface area contributed by atoms with Crippen LogP contribution in [-0.2, 0) is 17.9 Å². The van der Waals surface area contributed by atoms with Crippen LogP contribution in [0.5, 0.6) is 5.75 Å². The van der Waals surface area contributed by atoms with Gasteiger partial charge >= 0.3 is 0 Å². The maximum atomic E-state index is 13.2. The Kier molecular flexibility index (Phi) is 5.85. The van der Waals surface area contributed by atoms with Gasteiger partial charge in [0.05, 0.1) is 0 Å². The van der Waals surface area contributed by atoms with Gasteiger partial charge in [-0.2, -0.15) is 4.98 Å². The molecule has 1 atom stereocenters. The van der Waals surface area contributed by atoms with Gasteiger partial charge in [-0.15, -0.1) is 0 Å². The monoisotopic (exact) mass is 443 g/mol. The number of carbonyl (C=O) groups excluding carboxylic acids is 1. The lowest BCUT2D eigenvalue weighted by Crippen LogP contribution is -2.27. The number of halogens is 1. The molecule has 0 saturated carbocycles. The zero-order valence-electron chi connectivity index (χ0n) is 17.9. The van der Waals surface area contributed by atoms with Crippen molar-refractivity contribution in [2.24, 2.45) is 0 Å². The van der Waals surface area contributed by atoms with Crippen molar-refractivity contribution < 1.29 is 18.4 Å². The van der Waals surface area contributed by atoms with E-state index in [1.165, 1.54) is 12.1 Å². The van der Waals surface area contributed by atoms with Gasteiger partial charge in [-0.05, 0) is 53.9 Å². The topological polar surface area (TPSA) is 68.5 Å². The Labute approximate surface area is 190 Å². The van der Waals surface area contributed by atoms with Gasteiger partial charge < -0.3 is 14.2 Å². The van der Waals surface area contributed by atoms with Gasteiger partial charge in [0.1, 0.15) is 24.2 Å². The van der Waals surface area contributed by atoms with Gasteiger partial charge in [-0.1, -0.05) is 47.6 Å². The van der Waals surface area contributed by atoms with Gasteiger partial charge in [0, 0.05) is 18.5 Å². The van der Waals surface area contributed by atoms with E-state index in [1.54, 1.807) is 17.0 Å². The Morgan fingerprint density at radius 3 is 2.48 bits per heavy atom. The van der Waals surface area contributed by atoms with Gasteiger partial charge in [0.2, 0.25) is 17.6 Å². The molecular formula is C26H22FN3O3.